The number of methoxy groups -OCH3 is 3. The fourth-order valence-electron chi connectivity index (χ4n) is 2.04. The minimum Gasteiger partial charge on any atom is -0.493 e. The maximum atomic E-state index is 11.4. The van der Waals surface area contributed by atoms with Gasteiger partial charge in [0.05, 0.1) is 33.6 Å². The van der Waals surface area contributed by atoms with Gasteiger partial charge in [-0.25, -0.2) is 9.78 Å². The van der Waals surface area contributed by atoms with Gasteiger partial charge in [-0.2, -0.15) is 0 Å². The maximum absolute atomic E-state index is 11.4. The SMILES string of the molecule is CCOC(=O)/C=C/c1csc(-c2cc(OC)c(OC)c(OC)c2)n1. The molecule has 128 valence electrons. The zero-order valence-corrected chi connectivity index (χ0v) is 14.8. The Morgan fingerprint density at radius 3 is 2.38 bits per heavy atom. The van der Waals surface area contributed by atoms with Crippen molar-refractivity contribution in [2.75, 3.05) is 27.9 Å². The van der Waals surface area contributed by atoms with Gasteiger partial charge >= 0.3 is 5.97 Å². The highest BCUT2D eigenvalue weighted by Gasteiger charge is 2.15. The first-order valence-electron chi connectivity index (χ1n) is 7.23. The van der Waals surface area contributed by atoms with Crippen molar-refractivity contribution in [3.8, 4) is 27.8 Å². The van der Waals surface area contributed by atoms with E-state index in [0.717, 1.165) is 10.6 Å². The molecule has 0 saturated heterocycles. The lowest BCUT2D eigenvalue weighted by Crippen LogP contribution is -1.98. The van der Waals surface area contributed by atoms with Crippen LogP contribution in [0, 0.1) is 0 Å². The summed E-state index contributed by atoms with van der Waals surface area (Å²) in [5.41, 5.74) is 1.52. The molecule has 0 spiro atoms. The van der Waals surface area contributed by atoms with Crippen LogP contribution in [-0.4, -0.2) is 38.9 Å². The smallest absolute Gasteiger partial charge is 0.330 e. The van der Waals surface area contributed by atoms with Gasteiger partial charge in [0.2, 0.25) is 5.75 Å². The third-order valence-electron chi connectivity index (χ3n) is 3.11. The third-order valence-corrected chi connectivity index (χ3v) is 4.02. The number of hydrogen-bond donors (Lipinski definition) is 0. The number of ether oxygens (including phenoxy) is 4. The highest BCUT2D eigenvalue weighted by Crippen LogP contribution is 2.41. The number of thiazole rings is 1. The van der Waals surface area contributed by atoms with Crippen molar-refractivity contribution >= 4 is 23.4 Å². The lowest BCUT2D eigenvalue weighted by Gasteiger charge is -2.13. The largest absolute Gasteiger partial charge is 0.493 e. The van der Waals surface area contributed by atoms with E-state index in [4.69, 9.17) is 18.9 Å². The van der Waals surface area contributed by atoms with Gasteiger partial charge in [-0.3, -0.25) is 0 Å². The van der Waals surface area contributed by atoms with E-state index in [1.807, 2.05) is 17.5 Å². The van der Waals surface area contributed by atoms with E-state index in [1.165, 1.54) is 17.4 Å². The van der Waals surface area contributed by atoms with Crippen LogP contribution in [0.2, 0.25) is 0 Å². The number of esters is 1. The molecule has 1 aromatic heterocycles. The second-order valence-electron chi connectivity index (χ2n) is 4.58. The van der Waals surface area contributed by atoms with Gasteiger partial charge in [0.1, 0.15) is 5.01 Å². The van der Waals surface area contributed by atoms with Crippen LogP contribution in [0.15, 0.2) is 23.6 Å². The summed E-state index contributed by atoms with van der Waals surface area (Å²) in [6, 6.07) is 3.66. The minimum atomic E-state index is -0.389. The van der Waals surface area contributed by atoms with Crippen LogP contribution in [0.25, 0.3) is 16.6 Å². The zero-order valence-electron chi connectivity index (χ0n) is 14.0. The molecule has 0 unspecified atom stereocenters. The molecule has 0 saturated carbocycles. The van der Waals surface area contributed by atoms with Gasteiger partial charge in [-0.05, 0) is 25.1 Å². The van der Waals surface area contributed by atoms with Crippen LogP contribution in [-0.2, 0) is 9.53 Å². The number of aromatic nitrogens is 1. The predicted octanol–water partition coefficient (Wildman–Crippen LogP) is 3.41. The number of nitrogens with zero attached hydrogens (tertiary/aromatic N) is 1. The summed E-state index contributed by atoms with van der Waals surface area (Å²) >= 11 is 1.45. The minimum absolute atomic E-state index is 0.344. The molecule has 0 atom stereocenters. The summed E-state index contributed by atoms with van der Waals surface area (Å²) in [6.45, 7) is 2.11. The van der Waals surface area contributed by atoms with E-state index < -0.39 is 0 Å². The highest BCUT2D eigenvalue weighted by atomic mass is 32.1. The normalized spacial score (nSPS) is 10.7. The molecule has 0 aliphatic heterocycles. The lowest BCUT2D eigenvalue weighted by atomic mass is 10.2. The standard InChI is InChI=1S/C17H19NO5S/c1-5-23-15(19)7-6-12-10-24-17(18-12)11-8-13(20-2)16(22-4)14(9-11)21-3/h6-10H,5H2,1-4H3/b7-6+. The zero-order chi connectivity index (χ0) is 17.5. The molecule has 24 heavy (non-hydrogen) atoms. The van der Waals surface area contributed by atoms with Crippen LogP contribution in [0.5, 0.6) is 17.2 Å². The second kappa shape index (κ2) is 8.35. The van der Waals surface area contributed by atoms with Crippen LogP contribution in [0.1, 0.15) is 12.6 Å². The fourth-order valence-corrected chi connectivity index (χ4v) is 2.82. The summed E-state index contributed by atoms with van der Waals surface area (Å²) < 4.78 is 20.9. The Kier molecular flexibility index (Phi) is 6.20. The first kappa shape index (κ1) is 17.8. The van der Waals surface area contributed by atoms with Crippen LogP contribution in [0.3, 0.4) is 0 Å². The summed E-state index contributed by atoms with van der Waals surface area (Å²) in [6.07, 6.45) is 2.98. The summed E-state index contributed by atoms with van der Waals surface area (Å²) in [7, 11) is 4.69. The van der Waals surface area contributed by atoms with Crippen molar-refractivity contribution in [1.82, 2.24) is 4.98 Å². The average molecular weight is 349 g/mol. The average Bonchev–Trinajstić information content (AvgIpc) is 3.07. The molecule has 2 aromatic rings. The molecule has 0 amide bonds. The molecule has 0 aliphatic rings. The monoisotopic (exact) mass is 349 g/mol. The Labute approximate surface area is 144 Å². The number of carbonyl (C=O) groups excluding carboxylic acids is 1. The van der Waals surface area contributed by atoms with E-state index in [9.17, 15) is 4.79 Å². The summed E-state index contributed by atoms with van der Waals surface area (Å²) in [5, 5.41) is 2.63. The first-order valence-corrected chi connectivity index (χ1v) is 8.11. The Bertz CT molecular complexity index is 713. The molecule has 0 aliphatic carbocycles. The molecule has 7 heteroatoms. The molecule has 1 heterocycles. The van der Waals surface area contributed by atoms with Crippen LogP contribution >= 0.6 is 11.3 Å². The van der Waals surface area contributed by atoms with E-state index in [2.05, 4.69) is 4.98 Å². The first-order chi connectivity index (χ1) is 11.6. The molecule has 0 fully saturated rings. The topological polar surface area (TPSA) is 66.9 Å². The molecular formula is C17H19NO5S. The van der Waals surface area contributed by atoms with Crippen molar-refractivity contribution in [2.24, 2.45) is 0 Å². The number of benzene rings is 1. The molecular weight excluding hydrogens is 330 g/mol. The third kappa shape index (κ3) is 4.05. The van der Waals surface area contributed by atoms with Crippen LogP contribution in [0.4, 0.5) is 0 Å². The molecule has 0 N–H and O–H groups in total. The van der Waals surface area contributed by atoms with Gasteiger partial charge in [-0.15, -0.1) is 11.3 Å². The lowest BCUT2D eigenvalue weighted by molar-refractivity contribution is -0.137. The van der Waals surface area contributed by atoms with E-state index in [0.29, 0.717) is 29.5 Å². The fraction of sp³-hybridized carbons (Fsp3) is 0.294. The van der Waals surface area contributed by atoms with Crippen molar-refractivity contribution in [1.29, 1.82) is 0 Å². The van der Waals surface area contributed by atoms with Crippen molar-refractivity contribution in [3.05, 3.63) is 29.3 Å². The Morgan fingerprint density at radius 1 is 1.17 bits per heavy atom. The Balaban J connectivity index is 2.31. The molecule has 0 bridgehead atoms. The van der Waals surface area contributed by atoms with Crippen molar-refractivity contribution in [3.63, 3.8) is 0 Å². The highest BCUT2D eigenvalue weighted by molar-refractivity contribution is 7.13. The van der Waals surface area contributed by atoms with Crippen molar-refractivity contribution in [2.45, 2.75) is 6.92 Å². The van der Waals surface area contributed by atoms with Gasteiger partial charge in [0.25, 0.3) is 0 Å². The molecule has 1 aromatic carbocycles. The maximum Gasteiger partial charge on any atom is 0.330 e. The van der Waals surface area contributed by atoms with Gasteiger partial charge in [-0.1, -0.05) is 0 Å². The quantitative estimate of drug-likeness (QED) is 0.564. The molecule has 0 radical (unpaired) electrons. The summed E-state index contributed by atoms with van der Waals surface area (Å²) in [4.78, 5) is 15.8. The van der Waals surface area contributed by atoms with E-state index in [1.54, 1.807) is 34.3 Å². The number of rotatable bonds is 7. The van der Waals surface area contributed by atoms with Crippen LogP contribution < -0.4 is 14.2 Å². The van der Waals surface area contributed by atoms with Crippen molar-refractivity contribution < 1.29 is 23.7 Å². The van der Waals surface area contributed by atoms with Gasteiger partial charge in [0, 0.05) is 17.0 Å². The molecule has 6 nitrogen and oxygen atoms in total. The van der Waals surface area contributed by atoms with Gasteiger partial charge in [0.15, 0.2) is 11.5 Å². The predicted molar refractivity (Wildman–Crippen MR) is 92.9 cm³/mol. The Morgan fingerprint density at radius 2 is 1.83 bits per heavy atom. The second-order valence-corrected chi connectivity index (χ2v) is 5.44. The summed E-state index contributed by atoms with van der Waals surface area (Å²) in [5.74, 6) is 1.26. The number of carbonyl (C=O) groups is 1. The number of hydrogen-bond acceptors (Lipinski definition) is 7. The van der Waals surface area contributed by atoms with E-state index >= 15 is 0 Å². The molecule has 2 rings (SSSR count). The Hall–Kier alpha value is -2.54. The van der Waals surface area contributed by atoms with Gasteiger partial charge < -0.3 is 18.9 Å². The van der Waals surface area contributed by atoms with E-state index in [-0.39, 0.29) is 5.97 Å².